The lowest BCUT2D eigenvalue weighted by Crippen LogP contribution is -2.52. The summed E-state index contributed by atoms with van der Waals surface area (Å²) in [6, 6.07) is 0. The van der Waals surface area contributed by atoms with Gasteiger partial charge in [0.1, 0.15) is 0 Å². The monoisotopic (exact) mass is 271 g/mol. The molecule has 0 radical (unpaired) electrons. The molecule has 6 heteroatoms. The molecule has 0 aromatic carbocycles. The number of methoxy groups -OCH3 is 2. The zero-order chi connectivity index (χ0) is 14.5. The van der Waals surface area contributed by atoms with Crippen molar-refractivity contribution in [1.82, 2.24) is 0 Å². The third kappa shape index (κ3) is 2.57. The Morgan fingerprint density at radius 2 is 1.95 bits per heavy atom. The van der Waals surface area contributed by atoms with Gasteiger partial charge in [-0.15, -0.1) is 0 Å². The second-order valence-corrected chi connectivity index (χ2v) is 4.74. The Kier molecular flexibility index (Phi) is 5.32. The molecule has 1 fully saturated rings. The minimum atomic E-state index is -1.38. The fraction of sp³-hybridized carbons (Fsp3) is 0.769. The minimum Gasteiger partial charge on any atom is -0.468 e. The minimum absolute atomic E-state index is 0.357. The molecule has 0 spiro atoms. The molecular weight excluding hydrogens is 250 g/mol. The van der Waals surface area contributed by atoms with E-state index in [9.17, 15) is 9.59 Å². The fourth-order valence-electron chi connectivity index (χ4n) is 2.94. The molecule has 6 nitrogen and oxygen atoms in total. The van der Waals surface area contributed by atoms with E-state index in [0.717, 1.165) is 6.42 Å². The van der Waals surface area contributed by atoms with Gasteiger partial charge in [-0.25, -0.2) is 0 Å². The van der Waals surface area contributed by atoms with Crippen molar-refractivity contribution in [3.05, 3.63) is 0 Å². The van der Waals surface area contributed by atoms with Gasteiger partial charge in [-0.3, -0.25) is 9.59 Å². The molecule has 1 unspecified atom stereocenters. The lowest BCUT2D eigenvalue weighted by molar-refractivity contribution is -0.173. The Bertz CT molecular complexity index is 361. The van der Waals surface area contributed by atoms with Crippen LogP contribution in [0.3, 0.4) is 0 Å². The van der Waals surface area contributed by atoms with E-state index in [0.29, 0.717) is 31.4 Å². The van der Waals surface area contributed by atoms with Crippen molar-refractivity contribution in [3.63, 3.8) is 0 Å². The van der Waals surface area contributed by atoms with Crippen LogP contribution in [0, 0.1) is 11.3 Å². The Morgan fingerprint density at radius 3 is 2.37 bits per heavy atom. The van der Waals surface area contributed by atoms with Gasteiger partial charge in [0.2, 0.25) is 0 Å². The van der Waals surface area contributed by atoms with Crippen molar-refractivity contribution in [2.45, 2.75) is 39.0 Å². The van der Waals surface area contributed by atoms with Gasteiger partial charge < -0.3 is 14.7 Å². The van der Waals surface area contributed by atoms with E-state index in [4.69, 9.17) is 14.7 Å². The first-order valence-electron chi connectivity index (χ1n) is 6.46. The standard InChI is InChI=1S/C13H21NO5/c1-4-6-9-10(14-17)7-5-8-13(9,11(15)18-2)12(16)19-3/h9,17H,4-8H2,1-3H3/b14-10+. The maximum absolute atomic E-state index is 12.2. The summed E-state index contributed by atoms with van der Waals surface area (Å²) in [5, 5.41) is 12.4. The van der Waals surface area contributed by atoms with Crippen molar-refractivity contribution >= 4 is 17.7 Å². The van der Waals surface area contributed by atoms with E-state index in [1.807, 2.05) is 6.92 Å². The van der Waals surface area contributed by atoms with Gasteiger partial charge in [-0.1, -0.05) is 18.5 Å². The number of rotatable bonds is 4. The maximum atomic E-state index is 12.2. The van der Waals surface area contributed by atoms with Crippen LogP contribution in [-0.4, -0.2) is 37.1 Å². The molecule has 0 bridgehead atoms. The number of hydrogen-bond donors (Lipinski definition) is 1. The van der Waals surface area contributed by atoms with Gasteiger partial charge in [0.05, 0.1) is 19.9 Å². The van der Waals surface area contributed by atoms with E-state index < -0.39 is 23.3 Å². The van der Waals surface area contributed by atoms with Gasteiger partial charge in [-0.05, 0) is 25.7 Å². The van der Waals surface area contributed by atoms with Crippen molar-refractivity contribution in [3.8, 4) is 0 Å². The van der Waals surface area contributed by atoms with Gasteiger partial charge in [0.15, 0.2) is 5.41 Å². The summed E-state index contributed by atoms with van der Waals surface area (Å²) in [7, 11) is 2.50. The van der Waals surface area contributed by atoms with Crippen LogP contribution in [-0.2, 0) is 19.1 Å². The van der Waals surface area contributed by atoms with Crippen LogP contribution in [0.25, 0.3) is 0 Å². The molecule has 1 rings (SSSR count). The number of esters is 2. The summed E-state index contributed by atoms with van der Waals surface area (Å²) in [5.41, 5.74) is -0.900. The molecule has 0 aromatic heterocycles. The second kappa shape index (κ2) is 6.54. The highest BCUT2D eigenvalue weighted by Gasteiger charge is 2.57. The molecule has 0 amide bonds. The first-order chi connectivity index (χ1) is 9.08. The largest absolute Gasteiger partial charge is 0.468 e. The van der Waals surface area contributed by atoms with Crippen LogP contribution in [0.2, 0.25) is 0 Å². The van der Waals surface area contributed by atoms with E-state index in [2.05, 4.69) is 5.16 Å². The molecule has 0 saturated heterocycles. The predicted octanol–water partition coefficient (Wildman–Crippen LogP) is 1.75. The zero-order valence-electron chi connectivity index (χ0n) is 11.6. The Hall–Kier alpha value is -1.59. The number of oxime groups is 1. The van der Waals surface area contributed by atoms with Crippen molar-refractivity contribution in [2.24, 2.45) is 16.5 Å². The Labute approximate surface area is 112 Å². The first kappa shape index (κ1) is 15.5. The summed E-state index contributed by atoms with van der Waals surface area (Å²) in [4.78, 5) is 24.4. The Balaban J connectivity index is 3.30. The van der Waals surface area contributed by atoms with Crippen molar-refractivity contribution in [1.29, 1.82) is 0 Å². The van der Waals surface area contributed by atoms with Crippen LogP contribution in [0.4, 0.5) is 0 Å². The number of nitrogens with zero attached hydrogens (tertiary/aromatic N) is 1. The van der Waals surface area contributed by atoms with Crippen molar-refractivity contribution in [2.75, 3.05) is 14.2 Å². The lowest BCUT2D eigenvalue weighted by Gasteiger charge is -2.39. The van der Waals surface area contributed by atoms with E-state index >= 15 is 0 Å². The topological polar surface area (TPSA) is 85.2 Å². The highest BCUT2D eigenvalue weighted by atomic mass is 16.5. The summed E-state index contributed by atoms with van der Waals surface area (Å²) in [6.07, 6.45) is 2.86. The SMILES string of the molecule is CCCC1/C(=N/O)CCCC1(C(=O)OC)C(=O)OC. The molecule has 19 heavy (non-hydrogen) atoms. The quantitative estimate of drug-likeness (QED) is 0.364. The fourth-order valence-corrected chi connectivity index (χ4v) is 2.94. The van der Waals surface area contributed by atoms with Gasteiger partial charge in [0.25, 0.3) is 0 Å². The first-order valence-corrected chi connectivity index (χ1v) is 6.46. The molecule has 1 N–H and O–H groups in total. The predicted molar refractivity (Wildman–Crippen MR) is 67.9 cm³/mol. The zero-order valence-corrected chi connectivity index (χ0v) is 11.6. The van der Waals surface area contributed by atoms with E-state index in [1.165, 1.54) is 14.2 Å². The van der Waals surface area contributed by atoms with Crippen LogP contribution >= 0.6 is 0 Å². The average Bonchev–Trinajstić information content (AvgIpc) is 2.46. The number of hydrogen-bond acceptors (Lipinski definition) is 6. The third-order valence-corrected chi connectivity index (χ3v) is 3.81. The van der Waals surface area contributed by atoms with E-state index in [1.54, 1.807) is 0 Å². The van der Waals surface area contributed by atoms with Crippen LogP contribution in [0.15, 0.2) is 5.16 Å². The summed E-state index contributed by atoms with van der Waals surface area (Å²) in [6.45, 7) is 1.95. The summed E-state index contributed by atoms with van der Waals surface area (Å²) in [5.74, 6) is -1.69. The second-order valence-electron chi connectivity index (χ2n) is 4.74. The average molecular weight is 271 g/mol. The normalized spacial score (nSPS) is 23.9. The number of ether oxygens (including phenoxy) is 2. The summed E-state index contributed by atoms with van der Waals surface area (Å²) < 4.78 is 9.62. The molecule has 1 atom stereocenters. The molecule has 0 aliphatic heterocycles. The smallest absolute Gasteiger partial charge is 0.323 e. The molecule has 108 valence electrons. The van der Waals surface area contributed by atoms with Gasteiger partial charge in [-0.2, -0.15) is 0 Å². The number of carbonyl (C=O) groups is 2. The molecule has 0 aromatic rings. The van der Waals surface area contributed by atoms with Crippen molar-refractivity contribution < 1.29 is 24.3 Å². The van der Waals surface area contributed by atoms with Crippen LogP contribution < -0.4 is 0 Å². The van der Waals surface area contributed by atoms with Crippen LogP contribution in [0.1, 0.15) is 39.0 Å². The Morgan fingerprint density at radius 1 is 1.37 bits per heavy atom. The molecule has 1 saturated carbocycles. The molecule has 0 heterocycles. The van der Waals surface area contributed by atoms with E-state index in [-0.39, 0.29) is 0 Å². The van der Waals surface area contributed by atoms with Crippen LogP contribution in [0.5, 0.6) is 0 Å². The molecule has 1 aliphatic carbocycles. The molecule has 1 aliphatic rings. The maximum Gasteiger partial charge on any atom is 0.323 e. The highest BCUT2D eigenvalue weighted by molar-refractivity contribution is 6.06. The lowest BCUT2D eigenvalue weighted by atomic mass is 9.63. The summed E-state index contributed by atoms with van der Waals surface area (Å²) >= 11 is 0. The molecular formula is C13H21NO5. The third-order valence-electron chi connectivity index (χ3n) is 3.81. The van der Waals surface area contributed by atoms with Gasteiger partial charge >= 0.3 is 11.9 Å². The van der Waals surface area contributed by atoms with Gasteiger partial charge in [0, 0.05) is 5.92 Å². The highest BCUT2D eigenvalue weighted by Crippen LogP contribution is 2.44. The number of carbonyl (C=O) groups excluding carboxylic acids is 2.